The highest BCUT2D eigenvalue weighted by molar-refractivity contribution is 6.31. The van der Waals surface area contributed by atoms with Crippen molar-refractivity contribution >= 4 is 17.5 Å². The standard InChI is InChI=1S/C20H12ClF6N3O/c21-15-7-12(11-5-6-28-16(22)8-11)9-29-17(15)19(23,24)10-30-18(31)13-3-1-2-4-14(13)20(25,26)27/h1-9H,10H2,(H,30,31). The van der Waals surface area contributed by atoms with Crippen molar-refractivity contribution in [2.24, 2.45) is 0 Å². The second-order valence-electron chi connectivity index (χ2n) is 6.35. The van der Waals surface area contributed by atoms with E-state index < -0.39 is 52.3 Å². The van der Waals surface area contributed by atoms with Gasteiger partial charge in [0, 0.05) is 24.0 Å². The summed E-state index contributed by atoms with van der Waals surface area (Å²) in [6.45, 7) is -1.34. The summed E-state index contributed by atoms with van der Waals surface area (Å²) in [4.78, 5) is 19.1. The number of benzene rings is 1. The van der Waals surface area contributed by atoms with Crippen molar-refractivity contribution in [2.45, 2.75) is 12.1 Å². The summed E-state index contributed by atoms with van der Waals surface area (Å²) in [6, 6.07) is 7.43. The van der Waals surface area contributed by atoms with Crippen molar-refractivity contribution in [3.05, 3.63) is 82.6 Å². The molecule has 0 saturated carbocycles. The average molecular weight is 460 g/mol. The predicted octanol–water partition coefficient (Wildman–Crippen LogP) is 5.48. The first-order valence-electron chi connectivity index (χ1n) is 8.59. The van der Waals surface area contributed by atoms with Crippen molar-refractivity contribution < 1.29 is 31.1 Å². The molecule has 0 radical (unpaired) electrons. The molecule has 0 spiro atoms. The van der Waals surface area contributed by atoms with Gasteiger partial charge in [-0.1, -0.05) is 23.7 Å². The molecule has 11 heteroatoms. The highest BCUT2D eigenvalue weighted by atomic mass is 35.5. The van der Waals surface area contributed by atoms with Crippen LogP contribution < -0.4 is 5.32 Å². The molecular weight excluding hydrogens is 448 g/mol. The van der Waals surface area contributed by atoms with Crippen molar-refractivity contribution in [2.75, 3.05) is 6.54 Å². The molecule has 0 saturated heterocycles. The van der Waals surface area contributed by atoms with E-state index in [1.165, 1.54) is 18.3 Å². The lowest BCUT2D eigenvalue weighted by atomic mass is 10.1. The molecule has 1 N–H and O–H groups in total. The quantitative estimate of drug-likeness (QED) is 0.406. The molecule has 1 amide bonds. The Kier molecular flexibility index (Phi) is 6.21. The van der Waals surface area contributed by atoms with Gasteiger partial charge in [0.25, 0.3) is 5.91 Å². The highest BCUT2D eigenvalue weighted by Gasteiger charge is 2.38. The van der Waals surface area contributed by atoms with Gasteiger partial charge in [-0.15, -0.1) is 0 Å². The number of hydrogen-bond donors (Lipinski definition) is 1. The number of carbonyl (C=O) groups excluding carboxylic acids is 1. The normalized spacial score (nSPS) is 12.0. The number of carbonyl (C=O) groups is 1. The Labute approximate surface area is 176 Å². The maximum absolute atomic E-state index is 14.6. The zero-order chi connectivity index (χ0) is 22.8. The molecule has 0 atom stereocenters. The SMILES string of the molecule is O=C(NCC(F)(F)c1ncc(-c2ccnc(F)c2)cc1Cl)c1ccccc1C(F)(F)F. The molecular formula is C20H12ClF6N3O. The molecule has 2 heterocycles. The van der Waals surface area contributed by atoms with Crippen molar-refractivity contribution in [1.82, 2.24) is 15.3 Å². The molecule has 0 aliphatic rings. The maximum atomic E-state index is 14.6. The van der Waals surface area contributed by atoms with E-state index in [0.717, 1.165) is 30.5 Å². The van der Waals surface area contributed by atoms with Crippen LogP contribution >= 0.6 is 11.6 Å². The van der Waals surface area contributed by atoms with Gasteiger partial charge < -0.3 is 5.32 Å². The first kappa shape index (κ1) is 22.5. The van der Waals surface area contributed by atoms with E-state index >= 15 is 0 Å². The van der Waals surface area contributed by atoms with Gasteiger partial charge in [-0.25, -0.2) is 4.98 Å². The summed E-state index contributed by atoms with van der Waals surface area (Å²) in [5, 5.41) is 1.32. The fourth-order valence-electron chi connectivity index (χ4n) is 2.75. The molecule has 31 heavy (non-hydrogen) atoms. The van der Waals surface area contributed by atoms with Crippen LogP contribution in [0.5, 0.6) is 0 Å². The maximum Gasteiger partial charge on any atom is 0.417 e. The molecule has 0 unspecified atom stereocenters. The van der Waals surface area contributed by atoms with Crippen molar-refractivity contribution in [1.29, 1.82) is 0 Å². The van der Waals surface area contributed by atoms with Crippen LogP contribution in [0.2, 0.25) is 5.02 Å². The minimum absolute atomic E-state index is 0.244. The van der Waals surface area contributed by atoms with Gasteiger partial charge in [0.05, 0.1) is 22.7 Å². The van der Waals surface area contributed by atoms with Gasteiger partial charge in [-0.05, 0) is 29.8 Å². The monoisotopic (exact) mass is 459 g/mol. The molecule has 1 aromatic carbocycles. The second-order valence-corrected chi connectivity index (χ2v) is 6.76. The number of aromatic nitrogens is 2. The molecule has 2 aromatic heterocycles. The van der Waals surface area contributed by atoms with E-state index in [2.05, 4.69) is 9.97 Å². The Morgan fingerprint density at radius 2 is 1.71 bits per heavy atom. The number of rotatable bonds is 5. The van der Waals surface area contributed by atoms with Crippen LogP contribution in [0.15, 0.2) is 54.9 Å². The first-order chi connectivity index (χ1) is 14.5. The third-order valence-corrected chi connectivity index (χ3v) is 4.48. The van der Waals surface area contributed by atoms with Crippen LogP contribution in [-0.2, 0) is 12.1 Å². The predicted molar refractivity (Wildman–Crippen MR) is 100 cm³/mol. The van der Waals surface area contributed by atoms with Crippen LogP contribution in [0.3, 0.4) is 0 Å². The van der Waals surface area contributed by atoms with Crippen LogP contribution in [0.1, 0.15) is 21.6 Å². The summed E-state index contributed by atoms with van der Waals surface area (Å²) in [5.74, 6) is -5.90. The number of nitrogens with one attached hydrogen (secondary N) is 1. The Morgan fingerprint density at radius 3 is 2.35 bits per heavy atom. The fourth-order valence-corrected chi connectivity index (χ4v) is 3.05. The summed E-state index contributed by atoms with van der Waals surface area (Å²) in [6.07, 6.45) is -2.62. The molecule has 0 bridgehead atoms. The van der Waals surface area contributed by atoms with Crippen LogP contribution in [0.25, 0.3) is 11.1 Å². The lowest BCUT2D eigenvalue weighted by Gasteiger charge is -2.19. The smallest absolute Gasteiger partial charge is 0.346 e. The molecule has 0 aliphatic carbocycles. The number of pyridine rings is 2. The number of alkyl halides is 5. The van der Waals surface area contributed by atoms with Crippen molar-refractivity contribution in [3.63, 3.8) is 0 Å². The van der Waals surface area contributed by atoms with E-state index in [1.807, 2.05) is 0 Å². The largest absolute Gasteiger partial charge is 0.417 e. The Morgan fingerprint density at radius 1 is 1.00 bits per heavy atom. The van der Waals surface area contributed by atoms with Gasteiger partial charge in [0.15, 0.2) is 0 Å². The molecule has 0 fully saturated rings. The second kappa shape index (κ2) is 8.54. The fraction of sp³-hybridized carbons (Fsp3) is 0.150. The van der Waals surface area contributed by atoms with Gasteiger partial charge in [0.1, 0.15) is 5.69 Å². The lowest BCUT2D eigenvalue weighted by Crippen LogP contribution is -2.36. The number of amides is 1. The topological polar surface area (TPSA) is 54.9 Å². The van der Waals surface area contributed by atoms with Gasteiger partial charge >= 0.3 is 12.1 Å². The molecule has 3 rings (SSSR count). The number of hydrogen-bond acceptors (Lipinski definition) is 3. The third kappa shape index (κ3) is 5.13. The number of halogens is 7. The molecule has 4 nitrogen and oxygen atoms in total. The Hall–Kier alpha value is -3.14. The first-order valence-corrected chi connectivity index (χ1v) is 8.97. The van der Waals surface area contributed by atoms with E-state index in [9.17, 15) is 31.1 Å². The Bertz CT molecular complexity index is 1120. The number of nitrogens with zero attached hydrogens (tertiary/aromatic N) is 2. The van der Waals surface area contributed by atoms with E-state index in [1.54, 1.807) is 5.32 Å². The van der Waals surface area contributed by atoms with Crippen LogP contribution in [-0.4, -0.2) is 22.4 Å². The Balaban J connectivity index is 1.79. The minimum Gasteiger partial charge on any atom is -0.346 e. The zero-order valence-corrected chi connectivity index (χ0v) is 16.1. The zero-order valence-electron chi connectivity index (χ0n) is 15.4. The van der Waals surface area contributed by atoms with E-state index in [4.69, 9.17) is 11.6 Å². The highest BCUT2D eigenvalue weighted by Crippen LogP contribution is 2.35. The van der Waals surface area contributed by atoms with Gasteiger partial charge in [0.2, 0.25) is 5.95 Å². The van der Waals surface area contributed by atoms with Gasteiger partial charge in [-0.3, -0.25) is 9.78 Å². The molecule has 3 aromatic rings. The van der Waals surface area contributed by atoms with E-state index in [0.29, 0.717) is 11.6 Å². The van der Waals surface area contributed by atoms with Crippen LogP contribution in [0, 0.1) is 5.95 Å². The third-order valence-electron chi connectivity index (χ3n) is 4.20. The summed E-state index contributed by atoms with van der Waals surface area (Å²) < 4.78 is 81.5. The molecule has 162 valence electrons. The average Bonchev–Trinajstić information content (AvgIpc) is 2.71. The summed E-state index contributed by atoms with van der Waals surface area (Å²) in [7, 11) is 0. The van der Waals surface area contributed by atoms with Crippen LogP contribution in [0.4, 0.5) is 26.3 Å². The van der Waals surface area contributed by atoms with Gasteiger partial charge in [-0.2, -0.15) is 26.3 Å². The summed E-state index contributed by atoms with van der Waals surface area (Å²) in [5.41, 5.74) is -2.39. The van der Waals surface area contributed by atoms with Crippen molar-refractivity contribution in [3.8, 4) is 11.1 Å². The lowest BCUT2D eigenvalue weighted by molar-refractivity contribution is -0.137. The van der Waals surface area contributed by atoms with E-state index in [-0.39, 0.29) is 5.56 Å². The summed E-state index contributed by atoms with van der Waals surface area (Å²) >= 11 is 5.91. The minimum atomic E-state index is -4.83. The molecule has 0 aliphatic heterocycles.